The number of aliphatic hydroxyl groups is 2. The molecule has 3 rings (SSSR count). The van der Waals surface area contributed by atoms with E-state index in [4.69, 9.17) is 9.84 Å². The zero-order valence-corrected chi connectivity index (χ0v) is 9.22. The average molecular weight is 253 g/mol. The molecule has 1 aliphatic rings. The van der Waals surface area contributed by atoms with Gasteiger partial charge in [0.1, 0.15) is 11.6 Å². The van der Waals surface area contributed by atoms with Crippen molar-refractivity contribution in [3.63, 3.8) is 0 Å². The Bertz CT molecular complexity index is 623. The summed E-state index contributed by atoms with van der Waals surface area (Å²) < 4.78 is 6.55. The van der Waals surface area contributed by atoms with Gasteiger partial charge in [-0.15, -0.1) is 5.10 Å². The van der Waals surface area contributed by atoms with Crippen LogP contribution in [0.25, 0.3) is 11.2 Å². The number of hydrogen-bond acceptors (Lipinski definition) is 7. The van der Waals surface area contributed by atoms with Crippen molar-refractivity contribution in [2.24, 2.45) is 0 Å². The minimum absolute atomic E-state index is 0.205. The molecule has 3 atom stereocenters. The van der Waals surface area contributed by atoms with E-state index in [1.807, 2.05) is 0 Å². The van der Waals surface area contributed by atoms with E-state index in [2.05, 4.69) is 20.4 Å². The summed E-state index contributed by atoms with van der Waals surface area (Å²) >= 11 is 0. The van der Waals surface area contributed by atoms with Crippen molar-refractivity contribution < 1.29 is 14.9 Å². The Morgan fingerprint density at radius 2 is 2.44 bits per heavy atom. The second kappa shape index (κ2) is 4.12. The van der Waals surface area contributed by atoms with Crippen LogP contribution < -0.4 is 5.69 Å². The molecule has 0 aliphatic carbocycles. The fourth-order valence-electron chi connectivity index (χ4n) is 2.02. The maximum atomic E-state index is 11.8. The lowest BCUT2D eigenvalue weighted by Gasteiger charge is -2.16. The van der Waals surface area contributed by atoms with Crippen LogP contribution in [-0.2, 0) is 4.74 Å². The summed E-state index contributed by atoms with van der Waals surface area (Å²) in [4.78, 5) is 15.5. The van der Waals surface area contributed by atoms with Crippen LogP contribution in [0.5, 0.6) is 0 Å². The van der Waals surface area contributed by atoms with Gasteiger partial charge in [0.2, 0.25) is 5.65 Å². The highest BCUT2D eigenvalue weighted by atomic mass is 16.5. The molecule has 0 aromatic carbocycles. The Kier molecular flexibility index (Phi) is 2.58. The summed E-state index contributed by atoms with van der Waals surface area (Å²) in [7, 11) is 0. The van der Waals surface area contributed by atoms with Crippen LogP contribution in [-0.4, -0.2) is 54.0 Å². The number of hydrogen-bond donors (Lipinski definition) is 3. The van der Waals surface area contributed by atoms with E-state index in [9.17, 15) is 9.90 Å². The second-order valence-electron chi connectivity index (χ2n) is 4.11. The molecule has 0 amide bonds. The first-order chi connectivity index (χ1) is 8.69. The van der Waals surface area contributed by atoms with Gasteiger partial charge in [-0.3, -0.25) is 9.67 Å². The van der Waals surface area contributed by atoms with Crippen LogP contribution >= 0.6 is 0 Å². The predicted molar refractivity (Wildman–Crippen MR) is 57.6 cm³/mol. The highest BCUT2D eigenvalue weighted by molar-refractivity contribution is 5.66. The third-order valence-corrected chi connectivity index (χ3v) is 2.89. The maximum Gasteiger partial charge on any atom is 0.352 e. The number of aromatic amines is 1. The van der Waals surface area contributed by atoms with Gasteiger partial charge in [-0.1, -0.05) is 5.21 Å². The number of rotatable bonds is 2. The summed E-state index contributed by atoms with van der Waals surface area (Å²) in [6, 6.07) is 0. The van der Waals surface area contributed by atoms with Crippen LogP contribution in [0.4, 0.5) is 0 Å². The molecule has 1 unspecified atom stereocenters. The number of fused-ring (bicyclic) bond motifs is 1. The Hall–Kier alpha value is -1.84. The lowest BCUT2D eigenvalue weighted by atomic mass is 10.2. The van der Waals surface area contributed by atoms with Crippen LogP contribution in [0.15, 0.2) is 11.0 Å². The first kappa shape index (κ1) is 11.3. The van der Waals surface area contributed by atoms with Crippen molar-refractivity contribution in [2.75, 3.05) is 6.61 Å². The Labute approximate surface area is 100 Å². The molecule has 0 saturated carbocycles. The van der Waals surface area contributed by atoms with Crippen LogP contribution in [0.1, 0.15) is 12.6 Å². The zero-order chi connectivity index (χ0) is 12.7. The fraction of sp³-hybridized carbons (Fsp3) is 0.556. The minimum Gasteiger partial charge on any atom is -0.394 e. The molecule has 1 saturated heterocycles. The van der Waals surface area contributed by atoms with Gasteiger partial charge in [-0.05, 0) is 0 Å². The summed E-state index contributed by atoms with van der Waals surface area (Å²) in [5, 5.41) is 28.5. The van der Waals surface area contributed by atoms with Gasteiger partial charge in [0, 0.05) is 12.6 Å². The Morgan fingerprint density at radius 3 is 3.17 bits per heavy atom. The lowest BCUT2D eigenvalue weighted by molar-refractivity contribution is -0.0527. The number of ether oxygens (including phenoxy) is 1. The van der Waals surface area contributed by atoms with E-state index < -0.39 is 24.1 Å². The quantitative estimate of drug-likeness (QED) is 0.573. The molecular formula is C9H11N5O4. The van der Waals surface area contributed by atoms with Gasteiger partial charge in [0.05, 0.1) is 12.7 Å². The molecule has 18 heavy (non-hydrogen) atoms. The number of aromatic nitrogens is 5. The summed E-state index contributed by atoms with van der Waals surface area (Å²) in [5.74, 6) is 0. The summed E-state index contributed by atoms with van der Waals surface area (Å²) in [6.07, 6.45) is -0.483. The molecule has 3 heterocycles. The molecule has 0 spiro atoms. The Balaban J connectivity index is 2.03. The van der Waals surface area contributed by atoms with Crippen molar-refractivity contribution >= 4 is 11.2 Å². The van der Waals surface area contributed by atoms with E-state index >= 15 is 0 Å². The largest absolute Gasteiger partial charge is 0.394 e. The third kappa shape index (κ3) is 1.68. The molecule has 0 bridgehead atoms. The molecule has 9 heteroatoms. The molecule has 2 aromatic heterocycles. The number of aliphatic hydroxyl groups excluding tert-OH is 2. The second-order valence-corrected chi connectivity index (χ2v) is 4.11. The zero-order valence-electron chi connectivity index (χ0n) is 9.22. The molecule has 96 valence electrons. The number of H-pyrrole nitrogens is 1. The summed E-state index contributed by atoms with van der Waals surface area (Å²) in [6.45, 7) is -0.205. The molecule has 3 N–H and O–H groups in total. The van der Waals surface area contributed by atoms with E-state index in [1.54, 1.807) is 0 Å². The highest BCUT2D eigenvalue weighted by Gasteiger charge is 2.35. The molecule has 1 aliphatic heterocycles. The highest BCUT2D eigenvalue weighted by Crippen LogP contribution is 2.27. The molecule has 0 radical (unpaired) electrons. The van der Waals surface area contributed by atoms with Gasteiger partial charge in [0.15, 0.2) is 6.23 Å². The molecule has 1 fully saturated rings. The number of nitrogens with one attached hydrogen (secondary N) is 1. The van der Waals surface area contributed by atoms with Gasteiger partial charge in [-0.2, -0.15) is 4.98 Å². The average Bonchev–Trinajstić information content (AvgIpc) is 2.93. The smallest absolute Gasteiger partial charge is 0.352 e. The molecular weight excluding hydrogens is 242 g/mol. The first-order valence-electron chi connectivity index (χ1n) is 5.43. The van der Waals surface area contributed by atoms with Gasteiger partial charge in [-0.25, -0.2) is 4.79 Å². The van der Waals surface area contributed by atoms with Crippen molar-refractivity contribution in [3.05, 3.63) is 16.7 Å². The van der Waals surface area contributed by atoms with Crippen molar-refractivity contribution in [3.8, 4) is 0 Å². The lowest BCUT2D eigenvalue weighted by Crippen LogP contribution is -2.31. The van der Waals surface area contributed by atoms with E-state index in [0.29, 0.717) is 5.52 Å². The molecule has 9 nitrogen and oxygen atoms in total. The Morgan fingerprint density at radius 1 is 1.61 bits per heavy atom. The first-order valence-corrected chi connectivity index (χ1v) is 5.43. The summed E-state index contributed by atoms with van der Waals surface area (Å²) in [5.41, 5.74) is 0.0966. The van der Waals surface area contributed by atoms with Gasteiger partial charge in [0.25, 0.3) is 0 Å². The van der Waals surface area contributed by atoms with E-state index in [0.717, 1.165) is 0 Å². The van der Waals surface area contributed by atoms with Crippen LogP contribution in [0.2, 0.25) is 0 Å². The van der Waals surface area contributed by atoms with Crippen LogP contribution in [0.3, 0.4) is 0 Å². The topological polar surface area (TPSA) is 126 Å². The van der Waals surface area contributed by atoms with Gasteiger partial charge < -0.3 is 14.9 Å². The van der Waals surface area contributed by atoms with Gasteiger partial charge >= 0.3 is 5.69 Å². The minimum atomic E-state index is -0.866. The maximum absolute atomic E-state index is 11.8. The SMILES string of the molecule is O=c1nc2nn[nH]c2cn1[C@@H]1O[C@H](CO)CC1O. The van der Waals surface area contributed by atoms with E-state index in [1.165, 1.54) is 10.8 Å². The number of nitrogens with zero attached hydrogens (tertiary/aromatic N) is 4. The van der Waals surface area contributed by atoms with E-state index in [-0.39, 0.29) is 18.7 Å². The monoisotopic (exact) mass is 253 g/mol. The normalized spacial score (nSPS) is 28.0. The third-order valence-electron chi connectivity index (χ3n) is 2.89. The van der Waals surface area contributed by atoms with Crippen molar-refractivity contribution in [2.45, 2.75) is 24.9 Å². The van der Waals surface area contributed by atoms with Crippen molar-refractivity contribution in [1.29, 1.82) is 0 Å². The predicted octanol–water partition coefficient (Wildman–Crippen LogP) is -1.84. The standard InChI is InChI=1S/C9H11N5O4/c15-3-4-1-6(16)8(18-4)14-2-5-7(10-9(14)17)12-13-11-5/h2,4,6,8,15-16H,1,3H2,(H,10,11,12,17)/t4-,6?,8+/m0/s1. The molecule has 2 aromatic rings. The van der Waals surface area contributed by atoms with Crippen LogP contribution in [0, 0.1) is 0 Å². The fourth-order valence-corrected chi connectivity index (χ4v) is 2.02. The van der Waals surface area contributed by atoms with Crippen molar-refractivity contribution in [1.82, 2.24) is 25.0 Å².